The minimum atomic E-state index is 1.07. The lowest BCUT2D eigenvalue weighted by atomic mass is 10.0. The van der Waals surface area contributed by atoms with Crippen LogP contribution in [0.4, 0.5) is 0 Å². The van der Waals surface area contributed by atoms with E-state index in [-0.39, 0.29) is 0 Å². The van der Waals surface area contributed by atoms with Crippen LogP contribution in [0.25, 0.3) is 0 Å². The summed E-state index contributed by atoms with van der Waals surface area (Å²) >= 11 is 0. The van der Waals surface area contributed by atoms with Gasteiger partial charge in [0.25, 0.3) is 0 Å². The topological polar surface area (TPSA) is 38.4 Å². The Labute approximate surface area is 98.6 Å². The normalized spacial score (nSPS) is 11.1. The Hall–Kier alpha value is -1.31. The number of nitrogens with zero attached hydrogens (tertiary/aromatic N) is 1. The Bertz CT molecular complexity index is 301. The van der Waals surface area contributed by atoms with Gasteiger partial charge in [-0.2, -0.15) is 5.10 Å². The molecule has 0 atom stereocenters. The molecule has 0 saturated heterocycles. The molecule has 0 spiro atoms. The number of hydrazone groups is 1. The summed E-state index contributed by atoms with van der Waals surface area (Å²) < 4.78 is 0. The molecule has 0 amide bonds. The van der Waals surface area contributed by atoms with Gasteiger partial charge >= 0.3 is 0 Å². The lowest BCUT2D eigenvalue weighted by Gasteiger charge is -2.02. The monoisotopic (exact) mass is 218 g/mol. The maximum Gasteiger partial charge on any atom is 0.0538 e. The van der Waals surface area contributed by atoms with Crippen LogP contribution in [0.3, 0.4) is 0 Å². The molecule has 0 aliphatic carbocycles. The molecule has 1 aromatic carbocycles. The Morgan fingerprint density at radius 2 is 1.75 bits per heavy atom. The van der Waals surface area contributed by atoms with Gasteiger partial charge in [0, 0.05) is 0 Å². The summed E-state index contributed by atoms with van der Waals surface area (Å²) in [6, 6.07) is 8.46. The first-order valence-electron chi connectivity index (χ1n) is 6.19. The molecule has 0 heterocycles. The van der Waals surface area contributed by atoms with Crippen LogP contribution in [-0.2, 0) is 6.42 Å². The second-order valence-electron chi connectivity index (χ2n) is 4.18. The maximum atomic E-state index is 5.09. The van der Waals surface area contributed by atoms with Crippen LogP contribution in [0.5, 0.6) is 0 Å². The van der Waals surface area contributed by atoms with Crippen LogP contribution < -0.4 is 5.84 Å². The molecule has 0 aliphatic heterocycles. The van der Waals surface area contributed by atoms with E-state index in [0.717, 1.165) is 5.56 Å². The van der Waals surface area contributed by atoms with E-state index in [9.17, 15) is 0 Å². The average Bonchev–Trinajstić information content (AvgIpc) is 2.31. The molecule has 0 unspecified atom stereocenters. The summed E-state index contributed by atoms with van der Waals surface area (Å²) in [6.45, 7) is 2.25. The molecule has 1 rings (SSSR count). The van der Waals surface area contributed by atoms with Crippen molar-refractivity contribution in [1.29, 1.82) is 0 Å². The number of hydrogen-bond acceptors (Lipinski definition) is 2. The fourth-order valence-electron chi connectivity index (χ4n) is 1.79. The highest BCUT2D eigenvalue weighted by atomic mass is 15.1. The van der Waals surface area contributed by atoms with Crippen molar-refractivity contribution in [3.8, 4) is 0 Å². The standard InChI is InChI=1S/C14H22N2/c1-2-3-4-5-6-7-13-8-10-14(11-9-13)12-16-15/h8-12H,2-7,15H2,1H3. The van der Waals surface area contributed by atoms with E-state index in [1.807, 2.05) is 0 Å². The Morgan fingerprint density at radius 1 is 1.06 bits per heavy atom. The highest BCUT2D eigenvalue weighted by Gasteiger charge is 1.94. The van der Waals surface area contributed by atoms with Gasteiger partial charge in [-0.25, -0.2) is 0 Å². The number of aryl methyl sites for hydroxylation is 1. The minimum Gasteiger partial charge on any atom is -0.323 e. The van der Waals surface area contributed by atoms with Crippen LogP contribution in [0, 0.1) is 0 Å². The molecule has 0 aliphatic rings. The predicted octanol–water partition coefficient (Wildman–Crippen LogP) is 3.49. The SMILES string of the molecule is CCCCCCCc1ccc(C=NN)cc1. The zero-order valence-corrected chi connectivity index (χ0v) is 10.2. The van der Waals surface area contributed by atoms with Gasteiger partial charge in [0.2, 0.25) is 0 Å². The highest BCUT2D eigenvalue weighted by Crippen LogP contribution is 2.09. The van der Waals surface area contributed by atoms with Crippen molar-refractivity contribution < 1.29 is 0 Å². The molecule has 2 heteroatoms. The Kier molecular flexibility index (Phi) is 6.31. The molecule has 0 saturated carbocycles. The van der Waals surface area contributed by atoms with E-state index in [2.05, 4.69) is 36.3 Å². The minimum absolute atomic E-state index is 1.07. The Morgan fingerprint density at radius 3 is 2.38 bits per heavy atom. The van der Waals surface area contributed by atoms with Crippen molar-refractivity contribution in [3.63, 3.8) is 0 Å². The van der Waals surface area contributed by atoms with Crippen LogP contribution in [0.15, 0.2) is 29.4 Å². The largest absolute Gasteiger partial charge is 0.323 e. The average molecular weight is 218 g/mol. The van der Waals surface area contributed by atoms with E-state index in [4.69, 9.17) is 5.84 Å². The summed E-state index contributed by atoms with van der Waals surface area (Å²) in [5.41, 5.74) is 2.47. The number of benzene rings is 1. The fraction of sp³-hybridized carbons (Fsp3) is 0.500. The molecule has 1 aromatic rings. The van der Waals surface area contributed by atoms with Gasteiger partial charge in [0.05, 0.1) is 6.21 Å². The first kappa shape index (κ1) is 12.8. The number of hydrogen-bond donors (Lipinski definition) is 1. The van der Waals surface area contributed by atoms with Gasteiger partial charge in [-0.05, 0) is 24.0 Å². The molecular weight excluding hydrogens is 196 g/mol. The number of rotatable bonds is 7. The highest BCUT2D eigenvalue weighted by molar-refractivity contribution is 5.79. The first-order valence-corrected chi connectivity index (χ1v) is 6.19. The number of nitrogens with two attached hydrogens (primary N) is 1. The van der Waals surface area contributed by atoms with Crippen LogP contribution in [0.1, 0.15) is 50.2 Å². The van der Waals surface area contributed by atoms with Gasteiger partial charge in [0.15, 0.2) is 0 Å². The van der Waals surface area contributed by atoms with Crippen molar-refractivity contribution in [2.45, 2.75) is 45.4 Å². The van der Waals surface area contributed by atoms with Crippen molar-refractivity contribution in [2.75, 3.05) is 0 Å². The summed E-state index contributed by atoms with van der Waals surface area (Å²) in [5.74, 6) is 5.09. The lowest BCUT2D eigenvalue weighted by Crippen LogP contribution is -1.89. The van der Waals surface area contributed by atoms with Crippen molar-refractivity contribution in [1.82, 2.24) is 0 Å². The molecule has 2 N–H and O–H groups in total. The Balaban J connectivity index is 2.26. The van der Waals surface area contributed by atoms with E-state index < -0.39 is 0 Å². The molecule has 0 aromatic heterocycles. The summed E-state index contributed by atoms with van der Waals surface area (Å²) in [7, 11) is 0. The zero-order valence-electron chi connectivity index (χ0n) is 10.2. The van der Waals surface area contributed by atoms with Crippen LogP contribution in [0.2, 0.25) is 0 Å². The second kappa shape index (κ2) is 7.91. The third kappa shape index (κ3) is 4.96. The third-order valence-corrected chi connectivity index (χ3v) is 2.77. The number of unbranched alkanes of at least 4 members (excludes halogenated alkanes) is 4. The summed E-state index contributed by atoms with van der Waals surface area (Å²) in [4.78, 5) is 0. The van der Waals surface area contributed by atoms with Gasteiger partial charge in [-0.15, -0.1) is 0 Å². The second-order valence-corrected chi connectivity index (χ2v) is 4.18. The van der Waals surface area contributed by atoms with E-state index in [1.165, 1.54) is 44.1 Å². The molecule has 0 fully saturated rings. The van der Waals surface area contributed by atoms with E-state index >= 15 is 0 Å². The van der Waals surface area contributed by atoms with Gasteiger partial charge < -0.3 is 5.84 Å². The van der Waals surface area contributed by atoms with Crippen LogP contribution in [-0.4, -0.2) is 6.21 Å². The van der Waals surface area contributed by atoms with Crippen molar-refractivity contribution in [3.05, 3.63) is 35.4 Å². The van der Waals surface area contributed by atoms with Crippen LogP contribution >= 0.6 is 0 Å². The van der Waals surface area contributed by atoms with E-state index in [0.29, 0.717) is 0 Å². The summed E-state index contributed by atoms with van der Waals surface area (Å²) in [6.07, 6.45) is 9.55. The molecule has 0 radical (unpaired) electrons. The zero-order chi connectivity index (χ0) is 11.6. The quantitative estimate of drug-likeness (QED) is 0.323. The molecule has 16 heavy (non-hydrogen) atoms. The molecular formula is C14H22N2. The fourth-order valence-corrected chi connectivity index (χ4v) is 1.79. The van der Waals surface area contributed by atoms with Gasteiger partial charge in [-0.1, -0.05) is 56.9 Å². The molecule has 88 valence electrons. The van der Waals surface area contributed by atoms with Crippen molar-refractivity contribution in [2.24, 2.45) is 10.9 Å². The molecule has 2 nitrogen and oxygen atoms in total. The lowest BCUT2D eigenvalue weighted by molar-refractivity contribution is 0.632. The smallest absolute Gasteiger partial charge is 0.0538 e. The van der Waals surface area contributed by atoms with Gasteiger partial charge in [-0.3, -0.25) is 0 Å². The molecule has 0 bridgehead atoms. The van der Waals surface area contributed by atoms with E-state index in [1.54, 1.807) is 6.21 Å². The maximum absolute atomic E-state index is 5.09. The predicted molar refractivity (Wildman–Crippen MR) is 70.7 cm³/mol. The van der Waals surface area contributed by atoms with Gasteiger partial charge in [0.1, 0.15) is 0 Å². The van der Waals surface area contributed by atoms with Crippen molar-refractivity contribution >= 4 is 6.21 Å². The summed E-state index contributed by atoms with van der Waals surface area (Å²) in [5, 5.41) is 3.51. The first-order chi connectivity index (χ1) is 7.86. The third-order valence-electron chi connectivity index (χ3n) is 2.77.